The smallest absolute Gasteiger partial charge is 0.304 e. The van der Waals surface area contributed by atoms with Crippen LogP contribution in [-0.4, -0.2) is 23.8 Å². The number of carbonyl (C=O) groups excluding carboxylic acids is 1. The molecule has 1 aliphatic rings. The zero-order valence-corrected chi connectivity index (χ0v) is 8.69. The molecule has 0 bridgehead atoms. The van der Waals surface area contributed by atoms with Gasteiger partial charge in [-0.2, -0.15) is 5.10 Å². The Morgan fingerprint density at radius 1 is 1.44 bits per heavy atom. The third-order valence-electron chi connectivity index (χ3n) is 2.27. The van der Waals surface area contributed by atoms with Crippen molar-refractivity contribution in [3.05, 3.63) is 30.1 Å². The lowest BCUT2D eigenvalue weighted by Gasteiger charge is -2.20. The molecule has 1 aromatic carbocycles. The summed E-state index contributed by atoms with van der Waals surface area (Å²) in [5, 5.41) is 7.71. The third-order valence-corrected chi connectivity index (χ3v) is 2.27. The standard InChI is InChI=1S/C11H12FN3O/c12-9-5-1-2-6-10(9)14-11(16)15-8-4-3-7-13-15/h1-2,5-7H,3-4,8H2,(H,14,16). The van der Waals surface area contributed by atoms with Crippen LogP contribution in [0, 0.1) is 5.82 Å². The Balaban J connectivity index is 2.04. The largest absolute Gasteiger partial charge is 0.342 e. The van der Waals surface area contributed by atoms with E-state index in [1.165, 1.54) is 17.1 Å². The van der Waals surface area contributed by atoms with Crippen molar-refractivity contribution >= 4 is 17.9 Å². The Hall–Kier alpha value is -1.91. The van der Waals surface area contributed by atoms with E-state index in [1.54, 1.807) is 18.3 Å². The minimum atomic E-state index is -0.447. The maximum absolute atomic E-state index is 13.2. The first-order valence-electron chi connectivity index (χ1n) is 5.13. The number of amides is 2. The predicted molar refractivity (Wildman–Crippen MR) is 59.9 cm³/mol. The number of carbonyl (C=O) groups is 1. The fourth-order valence-electron chi connectivity index (χ4n) is 1.44. The second-order valence-electron chi connectivity index (χ2n) is 3.47. The molecule has 1 aromatic rings. The van der Waals surface area contributed by atoms with Gasteiger partial charge in [0.05, 0.1) is 5.69 Å². The summed E-state index contributed by atoms with van der Waals surface area (Å²) >= 11 is 0. The van der Waals surface area contributed by atoms with Gasteiger partial charge >= 0.3 is 6.03 Å². The topological polar surface area (TPSA) is 44.7 Å². The molecule has 0 saturated carbocycles. The van der Waals surface area contributed by atoms with Crippen LogP contribution < -0.4 is 5.32 Å². The summed E-state index contributed by atoms with van der Waals surface area (Å²) in [4.78, 5) is 11.7. The molecule has 5 heteroatoms. The van der Waals surface area contributed by atoms with Gasteiger partial charge in [-0.05, 0) is 25.0 Å². The van der Waals surface area contributed by atoms with Crippen molar-refractivity contribution in [1.29, 1.82) is 0 Å². The van der Waals surface area contributed by atoms with Gasteiger partial charge in [-0.3, -0.25) is 0 Å². The second kappa shape index (κ2) is 4.74. The first-order chi connectivity index (χ1) is 7.77. The summed E-state index contributed by atoms with van der Waals surface area (Å²) in [6, 6.07) is 5.65. The summed E-state index contributed by atoms with van der Waals surface area (Å²) in [6.45, 7) is 0.566. The fraction of sp³-hybridized carbons (Fsp3) is 0.273. The van der Waals surface area contributed by atoms with Crippen LogP contribution in [0.25, 0.3) is 0 Å². The van der Waals surface area contributed by atoms with Crippen LogP contribution in [-0.2, 0) is 0 Å². The van der Waals surface area contributed by atoms with Crippen LogP contribution >= 0.6 is 0 Å². The molecule has 0 aromatic heterocycles. The van der Waals surface area contributed by atoms with Crippen LogP contribution in [0.5, 0.6) is 0 Å². The fourth-order valence-corrected chi connectivity index (χ4v) is 1.44. The first-order valence-corrected chi connectivity index (χ1v) is 5.13. The summed E-state index contributed by atoms with van der Waals surface area (Å²) in [5.74, 6) is -0.447. The van der Waals surface area contributed by atoms with Gasteiger partial charge in [-0.15, -0.1) is 0 Å². The lowest BCUT2D eigenvalue weighted by molar-refractivity contribution is 0.211. The Kier molecular flexibility index (Phi) is 3.14. The molecule has 0 fully saturated rings. The van der Waals surface area contributed by atoms with E-state index in [1.807, 2.05) is 0 Å². The molecule has 0 unspecified atom stereocenters. The highest BCUT2D eigenvalue weighted by atomic mass is 19.1. The Bertz CT molecular complexity index is 419. The molecule has 1 heterocycles. The number of hydrogen-bond donors (Lipinski definition) is 1. The Labute approximate surface area is 92.8 Å². The predicted octanol–water partition coefficient (Wildman–Crippen LogP) is 2.44. The van der Waals surface area contributed by atoms with Gasteiger partial charge < -0.3 is 5.32 Å². The molecule has 0 radical (unpaired) electrons. The lowest BCUT2D eigenvalue weighted by atomic mass is 10.3. The molecule has 2 rings (SSSR count). The molecule has 0 spiro atoms. The Morgan fingerprint density at radius 3 is 2.94 bits per heavy atom. The van der Waals surface area contributed by atoms with E-state index in [-0.39, 0.29) is 5.69 Å². The van der Waals surface area contributed by atoms with Gasteiger partial charge in [-0.1, -0.05) is 12.1 Å². The number of para-hydroxylation sites is 1. The lowest BCUT2D eigenvalue weighted by Crippen LogP contribution is -2.33. The van der Waals surface area contributed by atoms with Crippen molar-refractivity contribution in [2.45, 2.75) is 12.8 Å². The van der Waals surface area contributed by atoms with Gasteiger partial charge in [0.15, 0.2) is 0 Å². The molecule has 4 nitrogen and oxygen atoms in total. The van der Waals surface area contributed by atoms with Gasteiger partial charge in [0.25, 0.3) is 0 Å². The monoisotopic (exact) mass is 221 g/mol. The highest BCUT2D eigenvalue weighted by Gasteiger charge is 2.15. The number of hydrogen-bond acceptors (Lipinski definition) is 2. The van der Waals surface area contributed by atoms with Crippen molar-refractivity contribution < 1.29 is 9.18 Å². The van der Waals surface area contributed by atoms with Crippen molar-refractivity contribution in [3.8, 4) is 0 Å². The highest BCUT2D eigenvalue weighted by Crippen LogP contribution is 2.14. The van der Waals surface area contributed by atoms with Crippen LogP contribution in [0.4, 0.5) is 14.9 Å². The summed E-state index contributed by atoms with van der Waals surface area (Å²) < 4.78 is 13.2. The number of hydrazone groups is 1. The van der Waals surface area contributed by atoms with Crippen LogP contribution in [0.3, 0.4) is 0 Å². The summed E-state index contributed by atoms with van der Waals surface area (Å²) in [7, 11) is 0. The number of anilines is 1. The van der Waals surface area contributed by atoms with E-state index in [0.29, 0.717) is 6.54 Å². The number of nitrogens with zero attached hydrogens (tertiary/aromatic N) is 2. The zero-order chi connectivity index (χ0) is 11.4. The van der Waals surface area contributed by atoms with Crippen LogP contribution in [0.2, 0.25) is 0 Å². The van der Waals surface area contributed by atoms with E-state index >= 15 is 0 Å². The number of benzene rings is 1. The van der Waals surface area contributed by atoms with Crippen molar-refractivity contribution in [2.24, 2.45) is 5.10 Å². The summed E-state index contributed by atoms with van der Waals surface area (Å²) in [5.41, 5.74) is 0.174. The maximum Gasteiger partial charge on any atom is 0.342 e. The molecule has 2 amide bonds. The maximum atomic E-state index is 13.2. The molecule has 0 saturated heterocycles. The summed E-state index contributed by atoms with van der Waals surface area (Å²) in [6.07, 6.45) is 3.45. The first kappa shape index (κ1) is 10.6. The van der Waals surface area contributed by atoms with E-state index in [2.05, 4.69) is 10.4 Å². The molecule has 84 valence electrons. The van der Waals surface area contributed by atoms with E-state index in [4.69, 9.17) is 0 Å². The van der Waals surface area contributed by atoms with Crippen LogP contribution in [0.1, 0.15) is 12.8 Å². The molecule has 1 aliphatic heterocycles. The zero-order valence-electron chi connectivity index (χ0n) is 8.69. The van der Waals surface area contributed by atoms with Gasteiger partial charge in [0.2, 0.25) is 0 Å². The van der Waals surface area contributed by atoms with Gasteiger partial charge in [0.1, 0.15) is 5.82 Å². The third kappa shape index (κ3) is 2.36. The number of rotatable bonds is 1. The molecular weight excluding hydrogens is 209 g/mol. The average molecular weight is 221 g/mol. The van der Waals surface area contributed by atoms with Crippen molar-refractivity contribution in [3.63, 3.8) is 0 Å². The van der Waals surface area contributed by atoms with Crippen molar-refractivity contribution in [2.75, 3.05) is 11.9 Å². The SMILES string of the molecule is O=C(Nc1ccccc1F)N1CCCC=N1. The minimum Gasteiger partial charge on any atom is -0.304 e. The number of nitrogens with one attached hydrogen (secondary N) is 1. The molecule has 1 N–H and O–H groups in total. The van der Waals surface area contributed by atoms with Gasteiger partial charge in [-0.25, -0.2) is 14.2 Å². The van der Waals surface area contributed by atoms with Gasteiger partial charge in [0, 0.05) is 12.8 Å². The molecule has 16 heavy (non-hydrogen) atoms. The minimum absolute atomic E-state index is 0.174. The molecule has 0 aliphatic carbocycles. The van der Waals surface area contributed by atoms with E-state index in [0.717, 1.165) is 12.8 Å². The molecule has 0 atom stereocenters. The average Bonchev–Trinajstić information content (AvgIpc) is 2.33. The quantitative estimate of drug-likeness (QED) is 0.777. The Morgan fingerprint density at radius 2 is 2.25 bits per heavy atom. The normalized spacial score (nSPS) is 14.9. The van der Waals surface area contributed by atoms with Crippen molar-refractivity contribution in [1.82, 2.24) is 5.01 Å². The van der Waals surface area contributed by atoms with E-state index in [9.17, 15) is 9.18 Å². The second-order valence-corrected chi connectivity index (χ2v) is 3.47. The van der Waals surface area contributed by atoms with E-state index < -0.39 is 11.8 Å². The van der Waals surface area contributed by atoms with Crippen LogP contribution in [0.15, 0.2) is 29.4 Å². The molecular formula is C11H12FN3O. The highest BCUT2D eigenvalue weighted by molar-refractivity contribution is 5.89. The number of halogens is 1. The number of urea groups is 1.